The predicted molar refractivity (Wildman–Crippen MR) is 103 cm³/mol. The molecule has 2 fully saturated rings. The van der Waals surface area contributed by atoms with Gasteiger partial charge in [-0.05, 0) is 43.9 Å². The van der Waals surface area contributed by atoms with Crippen molar-refractivity contribution in [3.8, 4) is 5.69 Å². The molecule has 2 unspecified atom stereocenters. The van der Waals surface area contributed by atoms with Crippen LogP contribution in [0.5, 0.6) is 0 Å². The molecule has 2 atom stereocenters. The summed E-state index contributed by atoms with van der Waals surface area (Å²) in [5.74, 6) is 1.25. The third-order valence-electron chi connectivity index (χ3n) is 4.96. The predicted octanol–water partition coefficient (Wildman–Crippen LogP) is 2.36. The molecule has 1 aromatic carbocycles. The summed E-state index contributed by atoms with van der Waals surface area (Å²) < 4.78 is 7.69. The number of hydrogen-bond donors (Lipinski definition) is 1. The highest BCUT2D eigenvalue weighted by molar-refractivity contribution is 5.89. The van der Waals surface area contributed by atoms with Gasteiger partial charge < -0.3 is 19.9 Å². The summed E-state index contributed by atoms with van der Waals surface area (Å²) in [6.07, 6.45) is 4.33. The average molecular weight is 370 g/mol. The van der Waals surface area contributed by atoms with Crippen LogP contribution in [-0.4, -0.2) is 65.1 Å². The Labute approximate surface area is 159 Å². The maximum atomic E-state index is 12.8. The topological polar surface area (TPSA) is 75.5 Å². The minimum Gasteiger partial charge on any atom is -0.371 e. The van der Waals surface area contributed by atoms with Gasteiger partial charge in [-0.1, -0.05) is 6.07 Å². The van der Waals surface area contributed by atoms with Crippen molar-refractivity contribution < 1.29 is 9.53 Å². The van der Waals surface area contributed by atoms with Gasteiger partial charge in [-0.15, -0.1) is 5.10 Å². The number of nitrogens with zero attached hydrogens (tertiary/aromatic N) is 5. The Balaban J connectivity index is 1.45. The van der Waals surface area contributed by atoms with Crippen LogP contribution in [-0.2, 0) is 4.74 Å². The van der Waals surface area contributed by atoms with Gasteiger partial charge in [-0.3, -0.25) is 0 Å². The van der Waals surface area contributed by atoms with E-state index in [4.69, 9.17) is 4.74 Å². The van der Waals surface area contributed by atoms with Crippen molar-refractivity contribution in [2.75, 3.05) is 37.4 Å². The lowest BCUT2D eigenvalue weighted by molar-refractivity contribution is -0.0717. The molecule has 8 nitrogen and oxygen atoms in total. The van der Waals surface area contributed by atoms with E-state index >= 15 is 0 Å². The summed E-state index contributed by atoms with van der Waals surface area (Å²) in [5, 5.41) is 7.44. The van der Waals surface area contributed by atoms with Crippen molar-refractivity contribution in [1.82, 2.24) is 19.7 Å². The number of carbonyl (C=O) groups excluding carboxylic acids is 1. The molecule has 0 bridgehead atoms. The number of urea groups is 1. The first-order valence-electron chi connectivity index (χ1n) is 9.40. The number of anilines is 2. The molecule has 1 saturated heterocycles. The van der Waals surface area contributed by atoms with E-state index in [1.54, 1.807) is 11.0 Å². The van der Waals surface area contributed by atoms with Gasteiger partial charge in [0.2, 0.25) is 5.95 Å². The van der Waals surface area contributed by atoms with Crippen LogP contribution in [0.4, 0.5) is 16.4 Å². The molecule has 4 rings (SSSR count). The molecule has 8 heteroatoms. The van der Waals surface area contributed by atoms with Crippen LogP contribution in [0.15, 0.2) is 30.6 Å². The standard InChI is InChI=1S/C19H26N6O2/c1-13-10-24(11-17(27-13)14-7-8-14)19(26)21-15-5-4-6-16(9-15)25-12-20-18(22-25)23(2)3/h4-6,9,12-14,17H,7-8,10-11H2,1-3H3,(H,21,26). The molecule has 0 spiro atoms. The van der Waals surface area contributed by atoms with Crippen LogP contribution < -0.4 is 10.2 Å². The molecule has 2 heterocycles. The zero-order valence-electron chi connectivity index (χ0n) is 16.0. The quantitative estimate of drug-likeness (QED) is 0.894. The summed E-state index contributed by atoms with van der Waals surface area (Å²) in [4.78, 5) is 20.7. The lowest BCUT2D eigenvalue weighted by atomic mass is 10.1. The van der Waals surface area contributed by atoms with Gasteiger partial charge in [-0.25, -0.2) is 9.48 Å². The largest absolute Gasteiger partial charge is 0.371 e. The van der Waals surface area contributed by atoms with Crippen LogP contribution in [0.3, 0.4) is 0 Å². The number of carbonyl (C=O) groups is 1. The summed E-state index contributed by atoms with van der Waals surface area (Å²) in [7, 11) is 3.79. The van der Waals surface area contributed by atoms with Gasteiger partial charge in [0.05, 0.1) is 17.9 Å². The van der Waals surface area contributed by atoms with Crippen LogP contribution >= 0.6 is 0 Å². The lowest BCUT2D eigenvalue weighted by Gasteiger charge is -2.37. The Morgan fingerprint density at radius 2 is 2.11 bits per heavy atom. The SMILES string of the molecule is CC1CN(C(=O)Nc2cccc(-n3cnc(N(C)C)n3)c2)CC(C2CC2)O1. The highest BCUT2D eigenvalue weighted by Gasteiger charge is 2.38. The lowest BCUT2D eigenvalue weighted by Crippen LogP contribution is -2.51. The molecule has 27 heavy (non-hydrogen) atoms. The highest BCUT2D eigenvalue weighted by Crippen LogP contribution is 2.36. The molecule has 2 aliphatic rings. The first kappa shape index (κ1) is 17.8. The maximum Gasteiger partial charge on any atom is 0.322 e. The van der Waals surface area contributed by atoms with Crippen molar-refractivity contribution in [2.24, 2.45) is 5.92 Å². The minimum atomic E-state index is -0.0829. The fourth-order valence-corrected chi connectivity index (χ4v) is 3.39. The smallest absolute Gasteiger partial charge is 0.322 e. The summed E-state index contributed by atoms with van der Waals surface area (Å²) in [6, 6.07) is 7.53. The van der Waals surface area contributed by atoms with E-state index in [2.05, 4.69) is 15.4 Å². The Hall–Kier alpha value is -2.61. The molecule has 2 amide bonds. The molecular formula is C19H26N6O2. The average Bonchev–Trinajstić information content (AvgIpc) is 3.37. The Kier molecular flexibility index (Phi) is 4.73. The van der Waals surface area contributed by atoms with Crippen molar-refractivity contribution >= 4 is 17.7 Å². The van der Waals surface area contributed by atoms with E-state index in [1.807, 2.05) is 55.1 Å². The van der Waals surface area contributed by atoms with Gasteiger partial charge >= 0.3 is 6.03 Å². The number of amides is 2. The minimum absolute atomic E-state index is 0.0704. The van der Waals surface area contributed by atoms with E-state index in [9.17, 15) is 4.79 Å². The first-order valence-corrected chi connectivity index (χ1v) is 9.40. The number of morpholine rings is 1. The van der Waals surface area contributed by atoms with Gasteiger partial charge in [0.25, 0.3) is 0 Å². The van der Waals surface area contributed by atoms with E-state index < -0.39 is 0 Å². The van der Waals surface area contributed by atoms with E-state index in [0.29, 0.717) is 25.0 Å². The number of ether oxygens (including phenoxy) is 1. The van der Waals surface area contributed by atoms with Crippen LogP contribution in [0.25, 0.3) is 5.69 Å². The molecule has 2 aromatic rings. The summed E-state index contributed by atoms with van der Waals surface area (Å²) in [6.45, 7) is 3.31. The number of benzene rings is 1. The molecule has 1 N–H and O–H groups in total. The fourth-order valence-electron chi connectivity index (χ4n) is 3.39. The zero-order chi connectivity index (χ0) is 19.0. The highest BCUT2D eigenvalue weighted by atomic mass is 16.5. The second kappa shape index (κ2) is 7.19. The molecule has 144 valence electrons. The summed E-state index contributed by atoms with van der Waals surface area (Å²) in [5.41, 5.74) is 1.58. The first-order chi connectivity index (χ1) is 13.0. The third-order valence-corrected chi connectivity index (χ3v) is 4.96. The van der Waals surface area contributed by atoms with Crippen LogP contribution in [0, 0.1) is 5.92 Å². The Bertz CT molecular complexity index is 816. The third kappa shape index (κ3) is 4.05. The summed E-state index contributed by atoms with van der Waals surface area (Å²) >= 11 is 0. The molecule has 1 aromatic heterocycles. The number of hydrogen-bond acceptors (Lipinski definition) is 5. The normalized spacial score (nSPS) is 22.6. The van der Waals surface area contributed by atoms with Gasteiger partial charge in [0.1, 0.15) is 6.33 Å². The molecule has 1 aliphatic carbocycles. The van der Waals surface area contributed by atoms with E-state index in [1.165, 1.54) is 12.8 Å². The number of rotatable bonds is 4. The van der Waals surface area contributed by atoms with Crippen molar-refractivity contribution in [2.45, 2.75) is 32.0 Å². The van der Waals surface area contributed by atoms with Crippen molar-refractivity contribution in [3.05, 3.63) is 30.6 Å². The molecule has 1 aliphatic heterocycles. The Morgan fingerprint density at radius 1 is 1.30 bits per heavy atom. The van der Waals surface area contributed by atoms with Crippen molar-refractivity contribution in [3.63, 3.8) is 0 Å². The van der Waals surface area contributed by atoms with Gasteiger partial charge in [0, 0.05) is 32.9 Å². The van der Waals surface area contributed by atoms with E-state index in [0.717, 1.165) is 11.4 Å². The van der Waals surface area contributed by atoms with Gasteiger partial charge in [0.15, 0.2) is 0 Å². The molecule has 0 radical (unpaired) electrons. The zero-order valence-corrected chi connectivity index (χ0v) is 16.0. The molecular weight excluding hydrogens is 344 g/mol. The van der Waals surface area contributed by atoms with Crippen LogP contribution in [0.1, 0.15) is 19.8 Å². The monoisotopic (exact) mass is 370 g/mol. The second-order valence-electron chi connectivity index (χ2n) is 7.59. The van der Waals surface area contributed by atoms with E-state index in [-0.39, 0.29) is 18.2 Å². The second-order valence-corrected chi connectivity index (χ2v) is 7.59. The number of aromatic nitrogens is 3. The number of nitrogens with one attached hydrogen (secondary N) is 1. The van der Waals surface area contributed by atoms with Gasteiger partial charge in [-0.2, -0.15) is 4.98 Å². The van der Waals surface area contributed by atoms with Crippen LogP contribution in [0.2, 0.25) is 0 Å². The maximum absolute atomic E-state index is 12.8. The Morgan fingerprint density at radius 3 is 2.81 bits per heavy atom. The molecule has 1 saturated carbocycles. The fraction of sp³-hybridized carbons (Fsp3) is 0.526. The van der Waals surface area contributed by atoms with Crippen molar-refractivity contribution in [1.29, 1.82) is 0 Å².